The Balaban J connectivity index is 1.46. The van der Waals surface area contributed by atoms with Gasteiger partial charge in [-0.1, -0.05) is 92.0 Å². The number of hydrogen-bond donors (Lipinski definition) is 0. The predicted octanol–water partition coefficient (Wildman–Crippen LogP) is 9.01. The monoisotopic (exact) mass is 430 g/mol. The van der Waals surface area contributed by atoms with Gasteiger partial charge in [-0.05, 0) is 60.0 Å². The van der Waals surface area contributed by atoms with E-state index in [4.69, 9.17) is 9.47 Å². The Morgan fingerprint density at radius 2 is 1.09 bits per heavy atom. The molecular formula is C31H26O2. The van der Waals surface area contributed by atoms with Crippen LogP contribution in [0.15, 0.2) is 116 Å². The minimum Gasteiger partial charge on any atom is -0.457 e. The molecule has 0 aromatic heterocycles. The first kappa shape index (κ1) is 21.9. The Kier molecular flexibility index (Phi) is 6.87. The minimum absolute atomic E-state index is 0.768. The largest absolute Gasteiger partial charge is 0.457 e. The van der Waals surface area contributed by atoms with E-state index in [0.29, 0.717) is 0 Å². The maximum absolute atomic E-state index is 6.09. The SMILES string of the molecule is C=Cc1ccccc1Oc1ccc(C(=C)c2ccc(Oc3ccccc3/C=C/C)cc2)cc1. The first-order valence-corrected chi connectivity index (χ1v) is 10.9. The lowest BCUT2D eigenvalue weighted by molar-refractivity contribution is 0.481. The van der Waals surface area contributed by atoms with E-state index in [9.17, 15) is 0 Å². The van der Waals surface area contributed by atoms with Gasteiger partial charge in [0.15, 0.2) is 0 Å². The molecular weight excluding hydrogens is 404 g/mol. The van der Waals surface area contributed by atoms with Gasteiger partial charge in [0.25, 0.3) is 0 Å². The molecule has 0 spiro atoms. The van der Waals surface area contributed by atoms with Gasteiger partial charge in [0.2, 0.25) is 0 Å². The average molecular weight is 431 g/mol. The summed E-state index contributed by atoms with van der Waals surface area (Å²) in [6.45, 7) is 10.1. The molecule has 4 aromatic rings. The third-order valence-electron chi connectivity index (χ3n) is 5.27. The first-order chi connectivity index (χ1) is 16.2. The zero-order valence-electron chi connectivity index (χ0n) is 18.7. The lowest BCUT2D eigenvalue weighted by Crippen LogP contribution is -1.90. The van der Waals surface area contributed by atoms with Gasteiger partial charge in [-0.25, -0.2) is 0 Å². The highest BCUT2D eigenvalue weighted by atomic mass is 16.5. The lowest BCUT2D eigenvalue weighted by Gasteiger charge is -2.12. The summed E-state index contributed by atoms with van der Waals surface area (Å²) in [5, 5.41) is 0. The summed E-state index contributed by atoms with van der Waals surface area (Å²) >= 11 is 0. The Hall–Kier alpha value is -4.30. The van der Waals surface area contributed by atoms with E-state index in [0.717, 1.165) is 50.8 Å². The van der Waals surface area contributed by atoms with Gasteiger partial charge in [0, 0.05) is 11.1 Å². The number of ether oxygens (including phenoxy) is 2. The zero-order chi connectivity index (χ0) is 23.0. The number of hydrogen-bond acceptors (Lipinski definition) is 2. The zero-order valence-corrected chi connectivity index (χ0v) is 18.7. The second-order valence-corrected chi connectivity index (χ2v) is 7.51. The highest BCUT2D eigenvalue weighted by molar-refractivity contribution is 5.78. The Bertz CT molecular complexity index is 1280. The van der Waals surface area contributed by atoms with Crippen molar-refractivity contribution in [3.05, 3.63) is 139 Å². The van der Waals surface area contributed by atoms with Crippen LogP contribution in [0.2, 0.25) is 0 Å². The molecule has 0 aliphatic carbocycles. The van der Waals surface area contributed by atoms with Crippen molar-refractivity contribution in [1.82, 2.24) is 0 Å². The molecule has 2 nitrogen and oxygen atoms in total. The summed E-state index contributed by atoms with van der Waals surface area (Å²) in [6, 6.07) is 31.8. The molecule has 0 aliphatic heterocycles. The molecule has 4 rings (SSSR count). The van der Waals surface area contributed by atoms with Crippen molar-refractivity contribution in [1.29, 1.82) is 0 Å². The van der Waals surface area contributed by atoms with Crippen molar-refractivity contribution in [2.24, 2.45) is 0 Å². The van der Waals surface area contributed by atoms with Crippen LogP contribution in [0.5, 0.6) is 23.0 Å². The first-order valence-electron chi connectivity index (χ1n) is 10.9. The van der Waals surface area contributed by atoms with Crippen LogP contribution < -0.4 is 9.47 Å². The quantitative estimate of drug-likeness (QED) is 0.278. The van der Waals surface area contributed by atoms with Gasteiger partial charge in [-0.3, -0.25) is 0 Å². The maximum Gasteiger partial charge on any atom is 0.134 e. The highest BCUT2D eigenvalue weighted by Crippen LogP contribution is 2.31. The molecule has 0 unspecified atom stereocenters. The molecule has 0 aliphatic rings. The van der Waals surface area contributed by atoms with Crippen LogP contribution in [-0.2, 0) is 0 Å². The Morgan fingerprint density at radius 1 is 0.636 bits per heavy atom. The summed E-state index contributed by atoms with van der Waals surface area (Å²) in [5.74, 6) is 3.17. The molecule has 4 aromatic carbocycles. The molecule has 33 heavy (non-hydrogen) atoms. The Labute approximate surface area is 195 Å². The summed E-state index contributed by atoms with van der Waals surface area (Å²) < 4.78 is 12.1. The van der Waals surface area contributed by atoms with E-state index in [1.54, 1.807) is 6.08 Å². The topological polar surface area (TPSA) is 18.5 Å². The van der Waals surface area contributed by atoms with Crippen LogP contribution in [0.25, 0.3) is 17.7 Å². The molecule has 162 valence electrons. The van der Waals surface area contributed by atoms with E-state index >= 15 is 0 Å². The van der Waals surface area contributed by atoms with E-state index in [1.165, 1.54) is 0 Å². The van der Waals surface area contributed by atoms with Crippen LogP contribution in [0.4, 0.5) is 0 Å². The van der Waals surface area contributed by atoms with Gasteiger partial charge in [0.1, 0.15) is 23.0 Å². The average Bonchev–Trinajstić information content (AvgIpc) is 2.86. The fourth-order valence-electron chi connectivity index (χ4n) is 3.50. The van der Waals surface area contributed by atoms with Gasteiger partial charge < -0.3 is 9.47 Å². The smallest absolute Gasteiger partial charge is 0.134 e. The van der Waals surface area contributed by atoms with Crippen LogP contribution >= 0.6 is 0 Å². The third-order valence-corrected chi connectivity index (χ3v) is 5.27. The number of benzene rings is 4. The summed E-state index contributed by atoms with van der Waals surface area (Å²) in [4.78, 5) is 0. The maximum atomic E-state index is 6.09. The summed E-state index contributed by atoms with van der Waals surface area (Å²) in [6.07, 6.45) is 5.83. The fourth-order valence-corrected chi connectivity index (χ4v) is 3.50. The summed E-state index contributed by atoms with van der Waals surface area (Å²) in [5.41, 5.74) is 5.02. The van der Waals surface area contributed by atoms with Crippen LogP contribution in [0.3, 0.4) is 0 Å². The molecule has 0 fully saturated rings. The van der Waals surface area contributed by atoms with Crippen molar-refractivity contribution in [2.45, 2.75) is 6.92 Å². The van der Waals surface area contributed by atoms with E-state index in [2.05, 4.69) is 13.2 Å². The third kappa shape index (κ3) is 5.31. The second-order valence-electron chi connectivity index (χ2n) is 7.51. The number of allylic oxidation sites excluding steroid dienone is 1. The van der Waals surface area contributed by atoms with Crippen LogP contribution in [0, 0.1) is 0 Å². The molecule has 0 saturated carbocycles. The van der Waals surface area contributed by atoms with Gasteiger partial charge in [-0.15, -0.1) is 0 Å². The predicted molar refractivity (Wildman–Crippen MR) is 139 cm³/mol. The molecule has 0 bridgehead atoms. The molecule has 0 atom stereocenters. The van der Waals surface area contributed by atoms with E-state index < -0.39 is 0 Å². The number of rotatable bonds is 8. The number of para-hydroxylation sites is 2. The van der Waals surface area contributed by atoms with Gasteiger partial charge in [-0.2, -0.15) is 0 Å². The highest BCUT2D eigenvalue weighted by Gasteiger charge is 2.07. The molecule has 0 amide bonds. The van der Waals surface area contributed by atoms with E-state index in [-0.39, 0.29) is 0 Å². The van der Waals surface area contributed by atoms with Crippen molar-refractivity contribution in [2.75, 3.05) is 0 Å². The minimum atomic E-state index is 0.768. The van der Waals surface area contributed by atoms with Crippen molar-refractivity contribution < 1.29 is 9.47 Å². The fraction of sp³-hybridized carbons (Fsp3) is 0.0323. The normalized spacial score (nSPS) is 10.7. The standard InChI is InChI=1S/C31H26O2/c1-4-10-27-12-7-9-14-31(27)33-29-21-17-26(18-22-29)23(3)25-15-19-28(20-16-25)32-30-13-8-6-11-24(30)5-2/h4-22H,2-3H2,1H3/b10-4+. The summed E-state index contributed by atoms with van der Waals surface area (Å²) in [7, 11) is 0. The second kappa shape index (κ2) is 10.3. The Morgan fingerprint density at radius 3 is 1.58 bits per heavy atom. The van der Waals surface area contributed by atoms with E-state index in [1.807, 2.05) is 116 Å². The molecule has 0 saturated heterocycles. The molecule has 2 heteroatoms. The van der Waals surface area contributed by atoms with Crippen molar-refractivity contribution in [3.8, 4) is 23.0 Å². The van der Waals surface area contributed by atoms with Crippen molar-refractivity contribution >= 4 is 17.7 Å². The van der Waals surface area contributed by atoms with Crippen molar-refractivity contribution in [3.63, 3.8) is 0 Å². The van der Waals surface area contributed by atoms with Gasteiger partial charge in [0.05, 0.1) is 0 Å². The van der Waals surface area contributed by atoms with Gasteiger partial charge >= 0.3 is 0 Å². The lowest BCUT2D eigenvalue weighted by atomic mass is 9.99. The molecule has 0 heterocycles. The molecule has 0 N–H and O–H groups in total. The van der Waals surface area contributed by atoms with Crippen LogP contribution in [0.1, 0.15) is 29.2 Å². The van der Waals surface area contributed by atoms with Crippen LogP contribution in [-0.4, -0.2) is 0 Å². The molecule has 0 radical (unpaired) electrons.